The summed E-state index contributed by atoms with van der Waals surface area (Å²) in [4.78, 5) is 4.69. The van der Waals surface area contributed by atoms with E-state index in [-0.39, 0.29) is 0 Å². The smallest absolute Gasteiger partial charge is 0.248 e. The van der Waals surface area contributed by atoms with Gasteiger partial charge in [0.05, 0.1) is 10.2 Å². The molecule has 0 spiro atoms. The Morgan fingerprint density at radius 1 is 0.704 bits per heavy atom. The molecule has 0 fully saturated rings. The quantitative estimate of drug-likeness (QED) is 0.361. The predicted octanol–water partition coefficient (Wildman–Crippen LogP) is 6.33. The first-order chi connectivity index (χ1) is 13.3. The number of rotatable bonds is 3. The molecule has 0 atom stereocenters. The number of aromatic nitrogens is 3. The zero-order chi connectivity index (χ0) is 18.2. The summed E-state index contributed by atoms with van der Waals surface area (Å²) in [5, 5.41) is 9.96. The van der Waals surface area contributed by atoms with E-state index in [4.69, 9.17) is 21.0 Å². The van der Waals surface area contributed by atoms with Gasteiger partial charge in [-0.3, -0.25) is 0 Å². The van der Waals surface area contributed by atoms with E-state index in [9.17, 15) is 0 Å². The van der Waals surface area contributed by atoms with Gasteiger partial charge in [-0.1, -0.05) is 35.9 Å². The summed E-state index contributed by atoms with van der Waals surface area (Å²) in [6, 6.07) is 23.5. The lowest BCUT2D eigenvalue weighted by Crippen LogP contribution is -1.80. The van der Waals surface area contributed by atoms with Gasteiger partial charge in [0.25, 0.3) is 0 Å². The van der Waals surface area contributed by atoms with Gasteiger partial charge >= 0.3 is 0 Å². The molecule has 0 aliphatic heterocycles. The van der Waals surface area contributed by atoms with Gasteiger partial charge in [0.15, 0.2) is 0 Å². The highest BCUT2D eigenvalue weighted by Crippen LogP contribution is 2.31. The summed E-state index contributed by atoms with van der Waals surface area (Å²) >= 11 is 7.60. The molecule has 0 aliphatic rings. The van der Waals surface area contributed by atoms with Crippen molar-refractivity contribution < 1.29 is 4.42 Å². The van der Waals surface area contributed by atoms with Crippen molar-refractivity contribution in [2.24, 2.45) is 0 Å². The molecule has 5 rings (SSSR count). The number of fused-ring (bicyclic) bond motifs is 1. The van der Waals surface area contributed by atoms with Gasteiger partial charge in [0, 0.05) is 21.7 Å². The second-order valence-corrected chi connectivity index (χ2v) is 7.45. The second kappa shape index (κ2) is 6.61. The van der Waals surface area contributed by atoms with Crippen molar-refractivity contribution in [3.8, 4) is 33.5 Å². The highest BCUT2D eigenvalue weighted by atomic mass is 35.5. The minimum Gasteiger partial charge on any atom is -0.416 e. The zero-order valence-corrected chi connectivity index (χ0v) is 15.5. The average molecular weight is 390 g/mol. The molecule has 4 nitrogen and oxygen atoms in total. The van der Waals surface area contributed by atoms with E-state index < -0.39 is 0 Å². The molecule has 130 valence electrons. The second-order valence-electron chi connectivity index (χ2n) is 5.98. The van der Waals surface area contributed by atoms with Crippen LogP contribution in [0.15, 0.2) is 77.2 Å². The van der Waals surface area contributed by atoms with Crippen molar-refractivity contribution in [3.63, 3.8) is 0 Å². The highest BCUT2D eigenvalue weighted by Gasteiger charge is 2.12. The summed E-state index contributed by atoms with van der Waals surface area (Å²) in [5.41, 5.74) is 3.79. The lowest BCUT2D eigenvalue weighted by molar-refractivity contribution is 0.584. The predicted molar refractivity (Wildman–Crippen MR) is 109 cm³/mol. The average Bonchev–Trinajstić information content (AvgIpc) is 3.36. The minimum atomic E-state index is 0.469. The summed E-state index contributed by atoms with van der Waals surface area (Å²) in [7, 11) is 0. The molecule has 5 aromatic rings. The van der Waals surface area contributed by atoms with Crippen LogP contribution in [0.1, 0.15) is 0 Å². The van der Waals surface area contributed by atoms with Crippen molar-refractivity contribution in [2.75, 3.05) is 0 Å². The largest absolute Gasteiger partial charge is 0.416 e. The van der Waals surface area contributed by atoms with Gasteiger partial charge in [-0.15, -0.1) is 21.5 Å². The molecule has 0 aliphatic carbocycles. The fourth-order valence-corrected chi connectivity index (χ4v) is 3.90. The van der Waals surface area contributed by atoms with Gasteiger partial charge in [-0.05, 0) is 48.5 Å². The maximum Gasteiger partial charge on any atom is 0.248 e. The lowest BCUT2D eigenvalue weighted by Gasteiger charge is -1.98. The van der Waals surface area contributed by atoms with E-state index in [2.05, 4.69) is 16.3 Å². The normalized spacial score (nSPS) is 11.1. The number of thiazole rings is 1. The minimum absolute atomic E-state index is 0.469. The van der Waals surface area contributed by atoms with Crippen LogP contribution in [-0.4, -0.2) is 15.2 Å². The van der Waals surface area contributed by atoms with Crippen LogP contribution >= 0.6 is 22.9 Å². The molecule has 0 radical (unpaired) electrons. The molecule has 0 saturated carbocycles. The Morgan fingerprint density at radius 2 is 1.30 bits per heavy atom. The van der Waals surface area contributed by atoms with Crippen molar-refractivity contribution in [2.45, 2.75) is 0 Å². The van der Waals surface area contributed by atoms with E-state index in [0.717, 1.165) is 27.2 Å². The lowest BCUT2D eigenvalue weighted by atomic mass is 10.1. The number of nitrogens with zero attached hydrogens (tertiary/aromatic N) is 3. The van der Waals surface area contributed by atoms with E-state index in [1.165, 1.54) is 4.70 Å². The fourth-order valence-electron chi connectivity index (χ4n) is 2.80. The Labute approximate surface area is 164 Å². The first-order valence-corrected chi connectivity index (χ1v) is 9.51. The van der Waals surface area contributed by atoms with Crippen LogP contribution in [0, 0.1) is 0 Å². The molecule has 0 unspecified atom stereocenters. The van der Waals surface area contributed by atoms with Gasteiger partial charge in [0.1, 0.15) is 5.01 Å². The van der Waals surface area contributed by atoms with Crippen LogP contribution in [0.3, 0.4) is 0 Å². The summed E-state index contributed by atoms with van der Waals surface area (Å²) < 4.78 is 6.99. The molecule has 0 amide bonds. The topological polar surface area (TPSA) is 51.8 Å². The molecule has 3 aromatic carbocycles. The van der Waals surface area contributed by atoms with Crippen LogP contribution in [-0.2, 0) is 0 Å². The zero-order valence-electron chi connectivity index (χ0n) is 14.0. The Bertz CT molecular complexity index is 1190. The van der Waals surface area contributed by atoms with E-state index in [1.54, 1.807) is 23.5 Å². The maximum atomic E-state index is 5.92. The molecular weight excluding hydrogens is 378 g/mol. The van der Waals surface area contributed by atoms with Gasteiger partial charge < -0.3 is 4.42 Å². The van der Waals surface area contributed by atoms with Crippen molar-refractivity contribution in [1.29, 1.82) is 0 Å². The van der Waals surface area contributed by atoms with Crippen LogP contribution in [0.4, 0.5) is 0 Å². The van der Waals surface area contributed by atoms with Crippen LogP contribution in [0.2, 0.25) is 5.02 Å². The maximum absolute atomic E-state index is 5.92. The number of para-hydroxylation sites is 1. The molecule has 27 heavy (non-hydrogen) atoms. The number of benzene rings is 3. The molecule has 6 heteroatoms. The van der Waals surface area contributed by atoms with Crippen molar-refractivity contribution in [3.05, 3.63) is 77.8 Å². The van der Waals surface area contributed by atoms with Gasteiger partial charge in [-0.2, -0.15) is 0 Å². The van der Waals surface area contributed by atoms with Gasteiger partial charge in [0.2, 0.25) is 11.8 Å². The van der Waals surface area contributed by atoms with E-state index in [1.807, 2.05) is 54.6 Å². The summed E-state index contributed by atoms with van der Waals surface area (Å²) in [6.45, 7) is 0. The molecule has 0 saturated heterocycles. The molecule has 2 heterocycles. The van der Waals surface area contributed by atoms with Crippen molar-refractivity contribution >= 4 is 33.2 Å². The first kappa shape index (κ1) is 16.2. The number of hydrogen-bond donors (Lipinski definition) is 0. The Kier molecular flexibility index (Phi) is 3.96. The third kappa shape index (κ3) is 3.12. The Balaban J connectivity index is 1.44. The number of hydrogen-bond acceptors (Lipinski definition) is 5. The third-order valence-corrected chi connectivity index (χ3v) is 5.53. The highest BCUT2D eigenvalue weighted by molar-refractivity contribution is 7.21. The Morgan fingerprint density at radius 3 is 1.96 bits per heavy atom. The van der Waals surface area contributed by atoms with Gasteiger partial charge in [-0.25, -0.2) is 4.98 Å². The standard InChI is InChI=1S/C21H12ClN3OS/c22-16-11-9-14(10-12-16)20-25-24-19(26-20)13-5-7-15(8-6-13)21-23-17-3-1-2-4-18(17)27-21/h1-12H. The van der Waals surface area contributed by atoms with Crippen molar-refractivity contribution in [1.82, 2.24) is 15.2 Å². The SMILES string of the molecule is Clc1ccc(-c2nnc(-c3ccc(-c4nc5ccccc5s4)cc3)o2)cc1. The summed E-state index contributed by atoms with van der Waals surface area (Å²) in [5.74, 6) is 0.952. The molecule has 0 bridgehead atoms. The van der Waals surface area contributed by atoms with Crippen LogP contribution < -0.4 is 0 Å². The molecular formula is C21H12ClN3OS. The first-order valence-electron chi connectivity index (χ1n) is 8.32. The Hall–Kier alpha value is -3.02. The third-order valence-electron chi connectivity index (χ3n) is 4.19. The fraction of sp³-hybridized carbons (Fsp3) is 0. The monoisotopic (exact) mass is 389 g/mol. The molecule has 2 aromatic heterocycles. The van der Waals surface area contributed by atoms with E-state index in [0.29, 0.717) is 16.8 Å². The molecule has 0 N–H and O–H groups in total. The van der Waals surface area contributed by atoms with Crippen LogP contribution in [0.25, 0.3) is 43.7 Å². The van der Waals surface area contributed by atoms with Crippen LogP contribution in [0.5, 0.6) is 0 Å². The van der Waals surface area contributed by atoms with E-state index >= 15 is 0 Å². The number of halogens is 1. The summed E-state index contributed by atoms with van der Waals surface area (Å²) in [6.07, 6.45) is 0.